The Morgan fingerprint density at radius 1 is 1.47 bits per heavy atom. The summed E-state index contributed by atoms with van der Waals surface area (Å²) >= 11 is 0. The van der Waals surface area contributed by atoms with Crippen molar-refractivity contribution >= 4 is 6.29 Å². The molecule has 0 spiro atoms. The van der Waals surface area contributed by atoms with Crippen LogP contribution in [0.25, 0.3) is 0 Å². The molecule has 1 heterocycles. The minimum atomic E-state index is -0.260. The standard InChI is InChI=1S/C12H15NO2/c1-7-3-4-9-5-10(6-14)12(15)13-11(9)8(7)2/h5-8H,3-4H2,1-2H3,(H,13,15). The van der Waals surface area contributed by atoms with Gasteiger partial charge in [-0.2, -0.15) is 0 Å². The van der Waals surface area contributed by atoms with E-state index in [0.717, 1.165) is 24.1 Å². The lowest BCUT2D eigenvalue weighted by Gasteiger charge is -2.28. The van der Waals surface area contributed by atoms with Gasteiger partial charge in [0.2, 0.25) is 0 Å². The number of aldehydes is 1. The number of fused-ring (bicyclic) bond motifs is 1. The van der Waals surface area contributed by atoms with Crippen LogP contribution in [0.15, 0.2) is 10.9 Å². The van der Waals surface area contributed by atoms with Gasteiger partial charge in [0, 0.05) is 5.69 Å². The normalized spacial score (nSPS) is 24.7. The fourth-order valence-electron chi connectivity index (χ4n) is 2.22. The summed E-state index contributed by atoms with van der Waals surface area (Å²) in [6, 6.07) is 1.74. The monoisotopic (exact) mass is 205 g/mol. The Bertz CT molecular complexity index is 447. The van der Waals surface area contributed by atoms with Crippen molar-refractivity contribution in [2.75, 3.05) is 0 Å². The molecule has 1 aromatic heterocycles. The zero-order chi connectivity index (χ0) is 11.0. The average Bonchev–Trinajstić information content (AvgIpc) is 2.24. The van der Waals surface area contributed by atoms with Gasteiger partial charge in [-0.25, -0.2) is 0 Å². The van der Waals surface area contributed by atoms with E-state index >= 15 is 0 Å². The molecule has 2 atom stereocenters. The lowest BCUT2D eigenvalue weighted by molar-refractivity contribution is 0.112. The van der Waals surface area contributed by atoms with Crippen LogP contribution in [-0.4, -0.2) is 11.3 Å². The van der Waals surface area contributed by atoms with E-state index in [9.17, 15) is 9.59 Å². The number of hydrogen-bond acceptors (Lipinski definition) is 2. The number of aromatic nitrogens is 1. The highest BCUT2D eigenvalue weighted by molar-refractivity contribution is 5.74. The molecule has 2 rings (SSSR count). The van der Waals surface area contributed by atoms with Crippen molar-refractivity contribution in [2.45, 2.75) is 32.6 Å². The first-order valence-corrected chi connectivity index (χ1v) is 5.34. The molecule has 0 aromatic carbocycles. The van der Waals surface area contributed by atoms with Gasteiger partial charge in [0.15, 0.2) is 6.29 Å². The topological polar surface area (TPSA) is 49.9 Å². The van der Waals surface area contributed by atoms with Crippen molar-refractivity contribution in [2.24, 2.45) is 5.92 Å². The summed E-state index contributed by atoms with van der Waals surface area (Å²) in [5.74, 6) is 0.970. The van der Waals surface area contributed by atoms with Gasteiger partial charge in [-0.15, -0.1) is 0 Å². The molecule has 3 heteroatoms. The molecule has 1 aliphatic rings. The Hall–Kier alpha value is -1.38. The van der Waals surface area contributed by atoms with Gasteiger partial charge in [-0.3, -0.25) is 9.59 Å². The maximum atomic E-state index is 11.5. The molecule has 0 saturated heterocycles. The number of carbonyl (C=O) groups is 1. The van der Waals surface area contributed by atoms with Crippen LogP contribution in [0.3, 0.4) is 0 Å². The summed E-state index contributed by atoms with van der Waals surface area (Å²) in [7, 11) is 0. The number of aromatic amines is 1. The molecule has 1 aromatic rings. The number of H-pyrrole nitrogens is 1. The van der Waals surface area contributed by atoms with Crippen molar-refractivity contribution in [3.63, 3.8) is 0 Å². The Morgan fingerprint density at radius 2 is 2.20 bits per heavy atom. The summed E-state index contributed by atoms with van der Waals surface area (Å²) in [6.07, 6.45) is 2.71. The van der Waals surface area contributed by atoms with Crippen molar-refractivity contribution in [3.8, 4) is 0 Å². The average molecular weight is 205 g/mol. The van der Waals surface area contributed by atoms with Gasteiger partial charge in [0.05, 0.1) is 5.56 Å². The number of aryl methyl sites for hydroxylation is 1. The van der Waals surface area contributed by atoms with Gasteiger partial charge in [-0.1, -0.05) is 13.8 Å². The van der Waals surface area contributed by atoms with Crippen LogP contribution in [-0.2, 0) is 6.42 Å². The maximum Gasteiger partial charge on any atom is 0.258 e. The minimum Gasteiger partial charge on any atom is -0.325 e. The second-order valence-corrected chi connectivity index (χ2v) is 4.42. The third-order valence-electron chi connectivity index (χ3n) is 3.49. The molecule has 0 saturated carbocycles. The van der Waals surface area contributed by atoms with E-state index in [0.29, 0.717) is 18.1 Å². The summed E-state index contributed by atoms with van der Waals surface area (Å²) in [6.45, 7) is 4.32. The molecular formula is C12H15NO2. The lowest BCUT2D eigenvalue weighted by atomic mass is 9.80. The molecule has 2 unspecified atom stereocenters. The van der Waals surface area contributed by atoms with E-state index in [4.69, 9.17) is 0 Å². The van der Waals surface area contributed by atoms with Crippen LogP contribution in [0.2, 0.25) is 0 Å². The molecule has 0 amide bonds. The Morgan fingerprint density at radius 3 is 2.87 bits per heavy atom. The number of nitrogens with one attached hydrogen (secondary N) is 1. The Kier molecular flexibility index (Phi) is 2.47. The highest BCUT2D eigenvalue weighted by atomic mass is 16.1. The lowest BCUT2D eigenvalue weighted by Crippen LogP contribution is -2.24. The molecule has 15 heavy (non-hydrogen) atoms. The van der Waals surface area contributed by atoms with Gasteiger partial charge in [0.1, 0.15) is 0 Å². The molecular weight excluding hydrogens is 190 g/mol. The molecule has 0 bridgehead atoms. The molecule has 0 fully saturated rings. The fraction of sp³-hybridized carbons (Fsp3) is 0.500. The largest absolute Gasteiger partial charge is 0.325 e. The summed E-state index contributed by atoms with van der Waals surface area (Å²) in [5.41, 5.74) is 2.13. The number of carbonyl (C=O) groups excluding carboxylic acids is 1. The van der Waals surface area contributed by atoms with Crippen LogP contribution < -0.4 is 5.56 Å². The van der Waals surface area contributed by atoms with Crippen LogP contribution >= 0.6 is 0 Å². The van der Waals surface area contributed by atoms with E-state index in [1.807, 2.05) is 0 Å². The molecule has 0 radical (unpaired) electrons. The first-order chi connectivity index (χ1) is 7.13. The van der Waals surface area contributed by atoms with Crippen LogP contribution in [0.1, 0.15) is 47.8 Å². The first-order valence-electron chi connectivity index (χ1n) is 5.34. The smallest absolute Gasteiger partial charge is 0.258 e. The highest BCUT2D eigenvalue weighted by Gasteiger charge is 2.24. The second kappa shape index (κ2) is 3.65. The zero-order valence-corrected chi connectivity index (χ0v) is 9.04. The maximum absolute atomic E-state index is 11.5. The molecule has 1 aliphatic carbocycles. The van der Waals surface area contributed by atoms with E-state index < -0.39 is 0 Å². The van der Waals surface area contributed by atoms with Gasteiger partial charge >= 0.3 is 0 Å². The fourth-order valence-corrected chi connectivity index (χ4v) is 2.22. The summed E-state index contributed by atoms with van der Waals surface area (Å²) in [4.78, 5) is 25.0. The quantitative estimate of drug-likeness (QED) is 0.711. The number of hydrogen-bond donors (Lipinski definition) is 1. The van der Waals surface area contributed by atoms with Crippen molar-refractivity contribution < 1.29 is 4.79 Å². The molecule has 80 valence electrons. The first kappa shape index (κ1) is 10.1. The van der Waals surface area contributed by atoms with Gasteiger partial charge < -0.3 is 4.98 Å². The van der Waals surface area contributed by atoms with E-state index in [-0.39, 0.29) is 11.1 Å². The van der Waals surface area contributed by atoms with E-state index in [1.54, 1.807) is 6.07 Å². The highest BCUT2D eigenvalue weighted by Crippen LogP contribution is 2.33. The Labute approximate surface area is 88.5 Å². The number of rotatable bonds is 1. The predicted octanol–water partition coefficient (Wildman–Crippen LogP) is 1.87. The Balaban J connectivity index is 2.57. The summed E-state index contributed by atoms with van der Waals surface area (Å²) in [5, 5.41) is 0. The van der Waals surface area contributed by atoms with E-state index in [1.165, 1.54) is 0 Å². The SMILES string of the molecule is CC1CCc2cc(C=O)c(=O)[nH]c2C1C. The second-order valence-electron chi connectivity index (χ2n) is 4.42. The van der Waals surface area contributed by atoms with Crippen LogP contribution in [0.4, 0.5) is 0 Å². The van der Waals surface area contributed by atoms with Gasteiger partial charge in [-0.05, 0) is 36.3 Å². The summed E-state index contributed by atoms with van der Waals surface area (Å²) < 4.78 is 0. The predicted molar refractivity (Wildman–Crippen MR) is 58.4 cm³/mol. The van der Waals surface area contributed by atoms with Crippen molar-refractivity contribution in [3.05, 3.63) is 33.2 Å². The van der Waals surface area contributed by atoms with Gasteiger partial charge in [0.25, 0.3) is 5.56 Å². The van der Waals surface area contributed by atoms with Crippen molar-refractivity contribution in [1.29, 1.82) is 0 Å². The zero-order valence-electron chi connectivity index (χ0n) is 9.04. The number of pyridine rings is 1. The van der Waals surface area contributed by atoms with Crippen LogP contribution in [0.5, 0.6) is 0 Å². The molecule has 1 N–H and O–H groups in total. The third kappa shape index (κ3) is 1.62. The van der Waals surface area contributed by atoms with Crippen molar-refractivity contribution in [1.82, 2.24) is 4.98 Å². The van der Waals surface area contributed by atoms with Crippen LogP contribution in [0, 0.1) is 5.92 Å². The molecule has 0 aliphatic heterocycles. The van der Waals surface area contributed by atoms with E-state index in [2.05, 4.69) is 18.8 Å². The minimum absolute atomic E-state index is 0.246. The molecule has 3 nitrogen and oxygen atoms in total. The third-order valence-corrected chi connectivity index (χ3v) is 3.49.